The molecule has 0 aliphatic rings. The quantitative estimate of drug-likeness (QED) is 0.743. The molecule has 0 saturated carbocycles. The van der Waals surface area contributed by atoms with E-state index in [1.165, 1.54) is 11.8 Å². The number of aryl methyl sites for hydroxylation is 1. The van der Waals surface area contributed by atoms with Crippen molar-refractivity contribution in [2.45, 2.75) is 32.1 Å². The van der Waals surface area contributed by atoms with Crippen LogP contribution in [0.1, 0.15) is 26.5 Å². The molecule has 1 aromatic rings. The zero-order valence-corrected chi connectivity index (χ0v) is 9.49. The van der Waals surface area contributed by atoms with E-state index in [-0.39, 0.29) is 5.43 Å². The molecular weight excluding hydrogens is 182 g/mol. The van der Waals surface area contributed by atoms with Crippen LogP contribution < -0.4 is 5.43 Å². The SMILES string of the molecule is CC.CCc1[nH]ccc(=O)c1SC. The molecular formula is C10H17NOS. The smallest absolute Gasteiger partial charge is 0.195 e. The second-order valence-electron chi connectivity index (χ2n) is 2.21. The highest BCUT2D eigenvalue weighted by atomic mass is 32.2. The van der Waals surface area contributed by atoms with Gasteiger partial charge in [-0.25, -0.2) is 0 Å². The number of aromatic amines is 1. The van der Waals surface area contributed by atoms with E-state index in [1.807, 2.05) is 27.0 Å². The van der Waals surface area contributed by atoms with Gasteiger partial charge in [0.05, 0.1) is 4.90 Å². The Hall–Kier alpha value is -0.700. The third kappa shape index (κ3) is 3.27. The molecule has 1 N–H and O–H groups in total. The molecule has 0 amide bonds. The number of nitrogens with one attached hydrogen (secondary N) is 1. The molecule has 0 radical (unpaired) electrons. The molecule has 1 aromatic heterocycles. The van der Waals surface area contributed by atoms with Crippen molar-refractivity contribution in [1.82, 2.24) is 4.98 Å². The first-order valence-electron chi connectivity index (χ1n) is 4.54. The van der Waals surface area contributed by atoms with Crippen LogP contribution >= 0.6 is 11.8 Å². The second kappa shape index (κ2) is 6.78. The van der Waals surface area contributed by atoms with Gasteiger partial charge in [-0.3, -0.25) is 4.79 Å². The Morgan fingerprint density at radius 1 is 1.46 bits per heavy atom. The number of hydrogen-bond acceptors (Lipinski definition) is 2. The molecule has 0 unspecified atom stereocenters. The summed E-state index contributed by atoms with van der Waals surface area (Å²) in [6.07, 6.45) is 4.50. The Kier molecular flexibility index (Phi) is 6.41. The lowest BCUT2D eigenvalue weighted by atomic mass is 10.3. The molecule has 0 aliphatic carbocycles. The number of pyridine rings is 1. The first-order valence-corrected chi connectivity index (χ1v) is 5.76. The van der Waals surface area contributed by atoms with Crippen molar-refractivity contribution in [1.29, 1.82) is 0 Å². The highest BCUT2D eigenvalue weighted by Crippen LogP contribution is 2.12. The summed E-state index contributed by atoms with van der Waals surface area (Å²) < 4.78 is 0. The first-order chi connectivity index (χ1) is 6.29. The van der Waals surface area contributed by atoms with Gasteiger partial charge in [-0.2, -0.15) is 0 Å². The maximum atomic E-state index is 11.2. The van der Waals surface area contributed by atoms with Crippen LogP contribution in [-0.4, -0.2) is 11.2 Å². The molecule has 3 heteroatoms. The van der Waals surface area contributed by atoms with Crippen molar-refractivity contribution in [2.24, 2.45) is 0 Å². The molecule has 0 aromatic carbocycles. The molecule has 0 fully saturated rings. The normalized spacial score (nSPS) is 8.92. The molecule has 0 saturated heterocycles. The minimum Gasteiger partial charge on any atom is -0.364 e. The summed E-state index contributed by atoms with van der Waals surface area (Å²) in [4.78, 5) is 15.1. The predicted molar refractivity (Wildman–Crippen MR) is 59.6 cm³/mol. The van der Waals surface area contributed by atoms with Gasteiger partial charge in [0.25, 0.3) is 0 Å². The van der Waals surface area contributed by atoms with Crippen LogP contribution in [0.5, 0.6) is 0 Å². The van der Waals surface area contributed by atoms with Crippen LogP contribution in [-0.2, 0) is 6.42 Å². The van der Waals surface area contributed by atoms with E-state index in [4.69, 9.17) is 0 Å². The molecule has 13 heavy (non-hydrogen) atoms. The topological polar surface area (TPSA) is 32.9 Å². The van der Waals surface area contributed by atoms with Crippen molar-refractivity contribution >= 4 is 11.8 Å². The molecule has 74 valence electrons. The van der Waals surface area contributed by atoms with E-state index >= 15 is 0 Å². The van der Waals surface area contributed by atoms with Gasteiger partial charge < -0.3 is 4.98 Å². The van der Waals surface area contributed by atoms with Crippen molar-refractivity contribution in [3.8, 4) is 0 Å². The number of hydrogen-bond donors (Lipinski definition) is 1. The third-order valence-corrected chi connectivity index (χ3v) is 2.40. The minimum atomic E-state index is 0.119. The Labute approximate surface area is 83.8 Å². The summed E-state index contributed by atoms with van der Waals surface area (Å²) >= 11 is 1.50. The molecule has 1 heterocycles. The summed E-state index contributed by atoms with van der Waals surface area (Å²) in [5, 5.41) is 0. The number of thioether (sulfide) groups is 1. The van der Waals surface area contributed by atoms with E-state index in [1.54, 1.807) is 12.3 Å². The standard InChI is InChI=1S/C8H11NOS.C2H6/c1-3-6-8(11-2)7(10)4-5-9-6;1-2/h4-5H,3H2,1-2H3,(H,9,10);1-2H3. The third-order valence-electron chi connectivity index (χ3n) is 1.55. The lowest BCUT2D eigenvalue weighted by Crippen LogP contribution is -2.06. The maximum Gasteiger partial charge on any atom is 0.195 e. The summed E-state index contributed by atoms with van der Waals surface area (Å²) in [6, 6.07) is 1.56. The fraction of sp³-hybridized carbons (Fsp3) is 0.500. The summed E-state index contributed by atoms with van der Waals surface area (Å²) in [7, 11) is 0. The Morgan fingerprint density at radius 2 is 2.08 bits per heavy atom. The van der Waals surface area contributed by atoms with E-state index in [2.05, 4.69) is 4.98 Å². The fourth-order valence-electron chi connectivity index (χ4n) is 0.994. The summed E-state index contributed by atoms with van der Waals surface area (Å²) in [5.41, 5.74) is 1.15. The van der Waals surface area contributed by atoms with Crippen LogP contribution in [0.4, 0.5) is 0 Å². The minimum absolute atomic E-state index is 0.119. The van der Waals surface area contributed by atoms with Gasteiger partial charge >= 0.3 is 0 Å². The van der Waals surface area contributed by atoms with Gasteiger partial charge in [0.2, 0.25) is 0 Å². The van der Waals surface area contributed by atoms with Crippen LogP contribution in [0.25, 0.3) is 0 Å². The molecule has 0 bridgehead atoms. The average Bonchev–Trinajstić information content (AvgIpc) is 2.20. The van der Waals surface area contributed by atoms with Gasteiger partial charge in [0.1, 0.15) is 0 Å². The molecule has 1 rings (SSSR count). The average molecular weight is 199 g/mol. The number of aromatic nitrogens is 1. The molecule has 2 nitrogen and oxygen atoms in total. The Bertz CT molecular complexity index is 293. The monoisotopic (exact) mass is 199 g/mol. The van der Waals surface area contributed by atoms with Gasteiger partial charge in [0.15, 0.2) is 5.43 Å². The van der Waals surface area contributed by atoms with Gasteiger partial charge in [0, 0.05) is 18.0 Å². The summed E-state index contributed by atoms with van der Waals surface area (Å²) in [5.74, 6) is 0. The Morgan fingerprint density at radius 3 is 2.46 bits per heavy atom. The van der Waals surface area contributed by atoms with Crippen LogP contribution in [0.15, 0.2) is 22.0 Å². The molecule has 0 aliphatic heterocycles. The summed E-state index contributed by atoms with van der Waals surface area (Å²) in [6.45, 7) is 6.03. The van der Waals surface area contributed by atoms with Gasteiger partial charge in [-0.15, -0.1) is 11.8 Å². The number of H-pyrrole nitrogens is 1. The van der Waals surface area contributed by atoms with Crippen molar-refractivity contribution in [2.75, 3.05) is 6.26 Å². The van der Waals surface area contributed by atoms with Gasteiger partial charge in [-0.05, 0) is 12.7 Å². The zero-order valence-electron chi connectivity index (χ0n) is 8.68. The fourth-order valence-corrected chi connectivity index (χ4v) is 1.71. The van der Waals surface area contributed by atoms with Crippen LogP contribution in [0.2, 0.25) is 0 Å². The predicted octanol–water partition coefficient (Wildman–Crippen LogP) is 2.69. The molecule has 0 spiro atoms. The Balaban J connectivity index is 0.000000671. The zero-order chi connectivity index (χ0) is 10.3. The van der Waals surface area contributed by atoms with Gasteiger partial charge in [-0.1, -0.05) is 20.8 Å². The van der Waals surface area contributed by atoms with Crippen molar-refractivity contribution in [3.63, 3.8) is 0 Å². The highest BCUT2D eigenvalue weighted by molar-refractivity contribution is 7.98. The van der Waals surface area contributed by atoms with E-state index in [0.29, 0.717) is 0 Å². The highest BCUT2D eigenvalue weighted by Gasteiger charge is 2.01. The van der Waals surface area contributed by atoms with Crippen molar-refractivity contribution in [3.05, 3.63) is 28.2 Å². The largest absolute Gasteiger partial charge is 0.364 e. The van der Waals surface area contributed by atoms with E-state index in [9.17, 15) is 4.79 Å². The second-order valence-corrected chi connectivity index (χ2v) is 3.02. The van der Waals surface area contributed by atoms with E-state index in [0.717, 1.165) is 17.0 Å². The molecule has 0 atom stereocenters. The van der Waals surface area contributed by atoms with Crippen molar-refractivity contribution < 1.29 is 0 Å². The van der Waals surface area contributed by atoms with E-state index < -0.39 is 0 Å². The lowest BCUT2D eigenvalue weighted by molar-refractivity contribution is 0.967. The van der Waals surface area contributed by atoms with Crippen LogP contribution in [0, 0.1) is 0 Å². The maximum absolute atomic E-state index is 11.2. The van der Waals surface area contributed by atoms with Crippen LogP contribution in [0.3, 0.4) is 0 Å². The number of rotatable bonds is 2. The first kappa shape index (κ1) is 12.3. The lowest BCUT2D eigenvalue weighted by Gasteiger charge is -2.01.